The molecule has 1 nitrogen and oxygen atoms in total. The Kier molecular flexibility index (Phi) is 3.30. The first-order chi connectivity index (χ1) is 14.8. The lowest BCUT2D eigenvalue weighted by Crippen LogP contribution is -1.75. The van der Waals surface area contributed by atoms with Crippen LogP contribution in [0.4, 0.5) is 0 Å². The third kappa shape index (κ3) is 2.22. The van der Waals surface area contributed by atoms with Crippen LogP contribution in [0.25, 0.3) is 63.3 Å². The summed E-state index contributed by atoms with van der Waals surface area (Å²) in [5, 5.41) is 7.49. The van der Waals surface area contributed by atoms with Crippen molar-refractivity contribution in [3.05, 3.63) is 83.7 Å². The van der Waals surface area contributed by atoms with Gasteiger partial charge in [0.25, 0.3) is 0 Å². The molecule has 3 aromatic heterocycles. The molecule has 30 heavy (non-hydrogen) atoms. The van der Waals surface area contributed by atoms with E-state index in [0.29, 0.717) is 0 Å². The minimum Gasteiger partial charge on any atom is -0.455 e. The summed E-state index contributed by atoms with van der Waals surface area (Å²) >= 11 is 3.69. The molecule has 4 aromatic carbocycles. The molecule has 0 spiro atoms. The number of furan rings is 1. The number of aryl methyl sites for hydroxylation is 1. The molecule has 3 heteroatoms. The molecular formula is C27H16OS2. The van der Waals surface area contributed by atoms with Crippen LogP contribution in [-0.4, -0.2) is 0 Å². The van der Waals surface area contributed by atoms with Crippen LogP contribution < -0.4 is 0 Å². The monoisotopic (exact) mass is 420 g/mol. The van der Waals surface area contributed by atoms with Crippen molar-refractivity contribution in [2.45, 2.75) is 6.92 Å². The first-order valence-electron chi connectivity index (χ1n) is 10.0. The summed E-state index contributed by atoms with van der Waals surface area (Å²) in [7, 11) is 0. The zero-order valence-corrected chi connectivity index (χ0v) is 17.9. The third-order valence-corrected chi connectivity index (χ3v) is 8.27. The van der Waals surface area contributed by atoms with Crippen LogP contribution >= 0.6 is 22.7 Å². The number of benzene rings is 4. The Balaban J connectivity index is 1.54. The quantitative estimate of drug-likeness (QED) is 0.258. The minimum absolute atomic E-state index is 0.956. The lowest BCUT2D eigenvalue weighted by atomic mass is 10.0. The Hall–Kier alpha value is -3.14. The van der Waals surface area contributed by atoms with Crippen LogP contribution in [0.5, 0.6) is 0 Å². The summed E-state index contributed by atoms with van der Waals surface area (Å²) in [5.41, 5.74) is 3.16. The molecule has 0 fully saturated rings. The van der Waals surface area contributed by atoms with Crippen LogP contribution in [0.15, 0.2) is 83.3 Å². The standard InChI is InChI=1S/C27H16OS2/c1-15-6-13-24(29-15)16-7-8-17-19-9-12-22-20(26(19)28-23(17)14-16)10-11-21-18-4-2-3-5-25(18)30-27(21)22/h2-14H,1H3. The summed E-state index contributed by atoms with van der Waals surface area (Å²) in [4.78, 5) is 2.61. The maximum Gasteiger partial charge on any atom is 0.143 e. The van der Waals surface area contributed by atoms with E-state index in [4.69, 9.17) is 4.42 Å². The van der Waals surface area contributed by atoms with Gasteiger partial charge < -0.3 is 4.42 Å². The molecule has 0 saturated carbocycles. The Morgan fingerprint density at radius 2 is 1.37 bits per heavy atom. The number of thiophene rings is 2. The van der Waals surface area contributed by atoms with Crippen molar-refractivity contribution in [3.63, 3.8) is 0 Å². The maximum absolute atomic E-state index is 6.47. The van der Waals surface area contributed by atoms with Gasteiger partial charge in [-0.2, -0.15) is 0 Å². The van der Waals surface area contributed by atoms with Crippen molar-refractivity contribution in [2.24, 2.45) is 0 Å². The van der Waals surface area contributed by atoms with Crippen LogP contribution in [0.3, 0.4) is 0 Å². The zero-order chi connectivity index (χ0) is 19.8. The summed E-state index contributed by atoms with van der Waals surface area (Å²) < 4.78 is 9.14. The molecule has 0 atom stereocenters. The molecule has 0 aliphatic carbocycles. The van der Waals surface area contributed by atoms with Gasteiger partial charge in [-0.3, -0.25) is 0 Å². The van der Waals surface area contributed by atoms with E-state index < -0.39 is 0 Å². The highest BCUT2D eigenvalue weighted by molar-refractivity contribution is 7.26. The minimum atomic E-state index is 0.956. The molecule has 3 heterocycles. The van der Waals surface area contributed by atoms with Crippen LogP contribution in [-0.2, 0) is 0 Å². The average molecular weight is 421 g/mol. The van der Waals surface area contributed by atoms with Crippen molar-refractivity contribution in [1.82, 2.24) is 0 Å². The van der Waals surface area contributed by atoms with Crippen molar-refractivity contribution in [1.29, 1.82) is 0 Å². The molecule has 0 bridgehead atoms. The number of hydrogen-bond donors (Lipinski definition) is 0. The lowest BCUT2D eigenvalue weighted by molar-refractivity contribution is 0.673. The summed E-state index contributed by atoms with van der Waals surface area (Å²) in [6.07, 6.45) is 0. The molecule has 0 aliphatic heterocycles. The Morgan fingerprint density at radius 3 is 2.20 bits per heavy atom. The van der Waals surface area contributed by atoms with E-state index in [1.54, 1.807) is 0 Å². The van der Waals surface area contributed by atoms with Gasteiger partial charge in [-0.05, 0) is 55.0 Å². The summed E-state index contributed by atoms with van der Waals surface area (Å²) in [6, 6.07) is 28.6. The molecule has 0 aliphatic rings. The average Bonchev–Trinajstić information content (AvgIpc) is 3.47. The molecule has 7 rings (SSSR count). The fraction of sp³-hybridized carbons (Fsp3) is 0.0370. The van der Waals surface area contributed by atoms with Crippen molar-refractivity contribution in [2.75, 3.05) is 0 Å². The number of fused-ring (bicyclic) bond motifs is 9. The van der Waals surface area contributed by atoms with Gasteiger partial charge in [0, 0.05) is 51.5 Å². The largest absolute Gasteiger partial charge is 0.455 e. The van der Waals surface area contributed by atoms with Gasteiger partial charge in [0.1, 0.15) is 11.2 Å². The topological polar surface area (TPSA) is 13.1 Å². The first kappa shape index (κ1) is 16.6. The third-order valence-electron chi connectivity index (χ3n) is 6.00. The van der Waals surface area contributed by atoms with Crippen LogP contribution in [0, 0.1) is 6.92 Å². The lowest BCUT2D eigenvalue weighted by Gasteiger charge is -2.01. The number of rotatable bonds is 1. The second-order valence-electron chi connectivity index (χ2n) is 7.80. The van der Waals surface area contributed by atoms with Gasteiger partial charge in [0.2, 0.25) is 0 Å². The van der Waals surface area contributed by atoms with E-state index in [2.05, 4.69) is 85.8 Å². The maximum atomic E-state index is 6.47. The molecule has 0 radical (unpaired) electrons. The van der Waals surface area contributed by atoms with Gasteiger partial charge in [0.05, 0.1) is 0 Å². The second-order valence-corrected chi connectivity index (χ2v) is 10.1. The molecule has 0 N–H and O–H groups in total. The Morgan fingerprint density at radius 1 is 0.633 bits per heavy atom. The smallest absolute Gasteiger partial charge is 0.143 e. The highest BCUT2D eigenvalue weighted by atomic mass is 32.1. The molecule has 142 valence electrons. The zero-order valence-electron chi connectivity index (χ0n) is 16.2. The SMILES string of the molecule is Cc1ccc(-c2ccc3c(c2)oc2c3ccc3c2ccc2c4ccccc4sc23)s1. The second kappa shape index (κ2) is 5.94. The van der Waals surface area contributed by atoms with E-state index >= 15 is 0 Å². The van der Waals surface area contributed by atoms with Crippen LogP contribution in [0.2, 0.25) is 0 Å². The highest BCUT2D eigenvalue weighted by Gasteiger charge is 2.15. The van der Waals surface area contributed by atoms with Gasteiger partial charge >= 0.3 is 0 Å². The molecule has 0 amide bonds. The van der Waals surface area contributed by atoms with Gasteiger partial charge in [-0.1, -0.05) is 36.4 Å². The van der Waals surface area contributed by atoms with Gasteiger partial charge in [-0.25, -0.2) is 0 Å². The fourth-order valence-corrected chi connectivity index (χ4v) is 6.66. The fourth-order valence-electron chi connectivity index (χ4n) is 4.56. The molecule has 0 unspecified atom stereocenters. The van der Waals surface area contributed by atoms with E-state index in [1.807, 2.05) is 22.7 Å². The van der Waals surface area contributed by atoms with Crippen molar-refractivity contribution < 1.29 is 4.42 Å². The van der Waals surface area contributed by atoms with Gasteiger partial charge in [-0.15, -0.1) is 22.7 Å². The molecular weight excluding hydrogens is 404 g/mol. The van der Waals surface area contributed by atoms with E-state index in [0.717, 1.165) is 11.2 Å². The first-order valence-corrected chi connectivity index (χ1v) is 11.7. The molecule has 7 aromatic rings. The Labute approximate surface area is 180 Å². The summed E-state index contributed by atoms with van der Waals surface area (Å²) in [6.45, 7) is 2.15. The highest BCUT2D eigenvalue weighted by Crippen LogP contribution is 2.42. The van der Waals surface area contributed by atoms with Crippen molar-refractivity contribution >= 4 is 75.6 Å². The predicted octanol–water partition coefficient (Wildman–Crippen LogP) is 9.14. The van der Waals surface area contributed by atoms with E-state index in [9.17, 15) is 0 Å². The summed E-state index contributed by atoms with van der Waals surface area (Å²) in [5.74, 6) is 0. The van der Waals surface area contributed by atoms with E-state index in [-0.39, 0.29) is 0 Å². The molecule has 0 saturated heterocycles. The predicted molar refractivity (Wildman–Crippen MR) is 132 cm³/mol. The van der Waals surface area contributed by atoms with Crippen LogP contribution in [0.1, 0.15) is 4.88 Å². The Bertz CT molecular complexity index is 1760. The number of hydrogen-bond acceptors (Lipinski definition) is 3. The van der Waals surface area contributed by atoms with Gasteiger partial charge in [0.15, 0.2) is 0 Å². The van der Waals surface area contributed by atoms with Crippen molar-refractivity contribution in [3.8, 4) is 10.4 Å². The van der Waals surface area contributed by atoms with E-state index in [1.165, 1.54) is 57.0 Å². The normalized spacial score (nSPS) is 12.2.